The van der Waals surface area contributed by atoms with E-state index in [1.165, 1.54) is 27.5 Å². The van der Waals surface area contributed by atoms with Crippen LogP contribution in [-0.2, 0) is 6.42 Å². The molecule has 0 N–H and O–H groups in total. The zero-order valence-corrected chi connectivity index (χ0v) is 9.09. The molecule has 0 amide bonds. The van der Waals surface area contributed by atoms with E-state index >= 15 is 0 Å². The maximum Gasteiger partial charge on any atom is -0.0152 e. The van der Waals surface area contributed by atoms with Gasteiger partial charge in [0.15, 0.2) is 0 Å². The zero-order valence-electron chi connectivity index (χ0n) is 9.09. The average Bonchev–Trinajstić information content (AvgIpc) is 2.19. The van der Waals surface area contributed by atoms with Gasteiger partial charge >= 0.3 is 0 Å². The van der Waals surface area contributed by atoms with Crippen molar-refractivity contribution in [3.63, 3.8) is 0 Å². The molecule has 2 aromatic carbocycles. The quantitative estimate of drug-likeness (QED) is 0.628. The van der Waals surface area contributed by atoms with Crippen LogP contribution < -0.4 is 0 Å². The second-order valence-electron chi connectivity index (χ2n) is 3.99. The Hall–Kier alpha value is -1.30. The smallest absolute Gasteiger partial charge is 0.0152 e. The summed E-state index contributed by atoms with van der Waals surface area (Å²) in [6, 6.07) is 11.3. The van der Waals surface area contributed by atoms with E-state index in [9.17, 15) is 0 Å². The Balaban J connectivity index is 2.76. The lowest BCUT2D eigenvalue weighted by Crippen LogP contribution is -1.85. The van der Waals surface area contributed by atoms with Crippen LogP contribution in [0.1, 0.15) is 23.6 Å². The van der Waals surface area contributed by atoms with Crippen molar-refractivity contribution in [3.8, 4) is 0 Å². The van der Waals surface area contributed by atoms with Crippen molar-refractivity contribution >= 4 is 10.8 Å². The molecule has 0 saturated heterocycles. The molecule has 2 aromatic rings. The molecule has 0 atom stereocenters. The normalized spacial score (nSPS) is 10.8. The van der Waals surface area contributed by atoms with E-state index in [-0.39, 0.29) is 0 Å². The summed E-state index contributed by atoms with van der Waals surface area (Å²) < 4.78 is 0. The maximum atomic E-state index is 2.29. The zero-order chi connectivity index (χ0) is 10.1. The molecule has 0 aliphatic rings. The van der Waals surface area contributed by atoms with Gasteiger partial charge in [-0.2, -0.15) is 0 Å². The highest BCUT2D eigenvalue weighted by Gasteiger charge is 1.99. The Kier molecular flexibility index (Phi) is 2.28. The van der Waals surface area contributed by atoms with Crippen LogP contribution in [0.15, 0.2) is 30.3 Å². The van der Waals surface area contributed by atoms with Gasteiger partial charge in [-0.3, -0.25) is 0 Å². The molecule has 0 radical (unpaired) electrons. The summed E-state index contributed by atoms with van der Waals surface area (Å²) in [5.41, 5.74) is 4.16. The Labute approximate surface area is 85.6 Å². The predicted molar refractivity (Wildman–Crippen MR) is 62.8 cm³/mol. The molecule has 0 aliphatic carbocycles. The molecule has 0 spiro atoms. The number of fused-ring (bicyclic) bond motifs is 1. The van der Waals surface area contributed by atoms with E-state index in [1.807, 2.05) is 0 Å². The predicted octanol–water partition coefficient (Wildman–Crippen LogP) is 4.02. The van der Waals surface area contributed by atoms with Crippen LogP contribution in [0.4, 0.5) is 0 Å². The topological polar surface area (TPSA) is 0 Å². The van der Waals surface area contributed by atoms with Crippen LogP contribution in [0.3, 0.4) is 0 Å². The number of benzene rings is 2. The van der Waals surface area contributed by atoms with Gasteiger partial charge < -0.3 is 0 Å². The average molecular weight is 184 g/mol. The monoisotopic (exact) mass is 184 g/mol. The van der Waals surface area contributed by atoms with Gasteiger partial charge in [0.05, 0.1) is 0 Å². The Morgan fingerprint density at radius 1 is 1.00 bits per heavy atom. The molecule has 0 heterocycles. The van der Waals surface area contributed by atoms with Gasteiger partial charge in [0, 0.05) is 0 Å². The van der Waals surface area contributed by atoms with E-state index in [0.29, 0.717) is 0 Å². The summed E-state index contributed by atoms with van der Waals surface area (Å²) in [6.07, 6.45) is 1.12. The van der Waals surface area contributed by atoms with Crippen molar-refractivity contribution in [1.82, 2.24) is 0 Å². The van der Waals surface area contributed by atoms with Crippen molar-refractivity contribution in [2.75, 3.05) is 0 Å². The van der Waals surface area contributed by atoms with Gasteiger partial charge in [-0.1, -0.05) is 42.8 Å². The van der Waals surface area contributed by atoms with Gasteiger partial charge in [0.25, 0.3) is 0 Å². The molecule has 72 valence electrons. The fourth-order valence-corrected chi connectivity index (χ4v) is 1.94. The number of hydrogen-bond acceptors (Lipinski definition) is 0. The van der Waals surface area contributed by atoms with Crippen molar-refractivity contribution in [2.45, 2.75) is 27.2 Å². The van der Waals surface area contributed by atoms with Crippen molar-refractivity contribution in [1.29, 1.82) is 0 Å². The Morgan fingerprint density at radius 3 is 2.50 bits per heavy atom. The highest BCUT2D eigenvalue weighted by atomic mass is 14.0. The maximum absolute atomic E-state index is 2.29. The van der Waals surface area contributed by atoms with Crippen molar-refractivity contribution < 1.29 is 0 Å². The third-order valence-corrected chi connectivity index (χ3v) is 2.78. The number of aryl methyl sites for hydroxylation is 3. The second-order valence-corrected chi connectivity index (χ2v) is 3.99. The first-order chi connectivity index (χ1) is 6.70. The van der Waals surface area contributed by atoms with Gasteiger partial charge in [0.2, 0.25) is 0 Å². The molecule has 0 saturated carbocycles. The van der Waals surface area contributed by atoms with Crippen LogP contribution in [0.2, 0.25) is 0 Å². The van der Waals surface area contributed by atoms with Gasteiger partial charge in [-0.05, 0) is 42.2 Å². The highest BCUT2D eigenvalue weighted by Crippen LogP contribution is 2.22. The van der Waals surface area contributed by atoms with E-state index in [4.69, 9.17) is 0 Å². The lowest BCUT2D eigenvalue weighted by atomic mass is 9.99. The summed E-state index contributed by atoms with van der Waals surface area (Å²) in [5, 5.41) is 2.76. The lowest BCUT2D eigenvalue weighted by molar-refractivity contribution is 1.14. The van der Waals surface area contributed by atoms with E-state index in [0.717, 1.165) is 6.42 Å². The molecule has 0 nitrogen and oxygen atoms in total. The van der Waals surface area contributed by atoms with Crippen LogP contribution in [0.25, 0.3) is 10.8 Å². The molecule has 2 rings (SSSR count). The first kappa shape index (κ1) is 9.26. The Morgan fingerprint density at radius 2 is 1.79 bits per heavy atom. The largest absolute Gasteiger partial charge is 0.0613 e. The second kappa shape index (κ2) is 3.45. The molecule has 0 unspecified atom stereocenters. The molecular formula is C14H16. The minimum atomic E-state index is 1.12. The summed E-state index contributed by atoms with van der Waals surface area (Å²) in [6.45, 7) is 6.54. The molecular weight excluding hydrogens is 168 g/mol. The highest BCUT2D eigenvalue weighted by molar-refractivity contribution is 5.86. The summed E-state index contributed by atoms with van der Waals surface area (Å²) in [5.74, 6) is 0. The fourth-order valence-electron chi connectivity index (χ4n) is 1.94. The fraction of sp³-hybridized carbons (Fsp3) is 0.286. The van der Waals surface area contributed by atoms with Gasteiger partial charge in [-0.15, -0.1) is 0 Å². The molecule has 0 heteroatoms. The first-order valence-electron chi connectivity index (χ1n) is 5.20. The van der Waals surface area contributed by atoms with E-state index in [1.54, 1.807) is 0 Å². The standard InChI is InChI=1S/C14H16/c1-4-12-8-11(3)14-7-10(2)5-6-13(14)9-12/h5-9H,4H2,1-3H3. The number of rotatable bonds is 1. The van der Waals surface area contributed by atoms with Crippen LogP contribution >= 0.6 is 0 Å². The molecule has 0 fully saturated rings. The van der Waals surface area contributed by atoms with Crippen molar-refractivity contribution in [3.05, 3.63) is 47.0 Å². The molecule has 0 aliphatic heterocycles. The van der Waals surface area contributed by atoms with Crippen LogP contribution in [-0.4, -0.2) is 0 Å². The summed E-state index contributed by atoms with van der Waals surface area (Å²) in [7, 11) is 0. The minimum Gasteiger partial charge on any atom is -0.0613 e. The van der Waals surface area contributed by atoms with E-state index in [2.05, 4.69) is 51.1 Å². The van der Waals surface area contributed by atoms with Gasteiger partial charge in [0.1, 0.15) is 0 Å². The Bertz CT molecular complexity index is 467. The van der Waals surface area contributed by atoms with Crippen LogP contribution in [0, 0.1) is 13.8 Å². The SMILES string of the molecule is CCc1cc(C)c2cc(C)ccc2c1. The molecule has 0 aromatic heterocycles. The number of hydrogen-bond donors (Lipinski definition) is 0. The summed E-state index contributed by atoms with van der Waals surface area (Å²) in [4.78, 5) is 0. The summed E-state index contributed by atoms with van der Waals surface area (Å²) >= 11 is 0. The lowest BCUT2D eigenvalue weighted by Gasteiger charge is -2.06. The first-order valence-corrected chi connectivity index (χ1v) is 5.20. The minimum absolute atomic E-state index is 1.12. The third-order valence-electron chi connectivity index (χ3n) is 2.78. The molecule has 0 bridgehead atoms. The molecule has 14 heavy (non-hydrogen) atoms. The van der Waals surface area contributed by atoms with Gasteiger partial charge in [-0.25, -0.2) is 0 Å². The van der Waals surface area contributed by atoms with Crippen molar-refractivity contribution in [2.24, 2.45) is 0 Å². The third kappa shape index (κ3) is 1.52. The van der Waals surface area contributed by atoms with Crippen LogP contribution in [0.5, 0.6) is 0 Å². The van der Waals surface area contributed by atoms with E-state index < -0.39 is 0 Å².